The van der Waals surface area contributed by atoms with Gasteiger partial charge in [0.2, 0.25) is 0 Å². The van der Waals surface area contributed by atoms with E-state index < -0.39 is 6.10 Å². The predicted molar refractivity (Wildman–Crippen MR) is 233 cm³/mol. The second kappa shape index (κ2) is 44.2. The van der Waals surface area contributed by atoms with Gasteiger partial charge >= 0.3 is 11.9 Å². The Morgan fingerprint density at radius 3 is 1.33 bits per heavy atom. The van der Waals surface area contributed by atoms with Gasteiger partial charge in [0.15, 0.2) is 6.10 Å². The Morgan fingerprint density at radius 2 is 0.833 bits per heavy atom. The Kier molecular flexibility index (Phi) is 41.6. The average molecular weight is 749 g/mol. The van der Waals surface area contributed by atoms with Crippen molar-refractivity contribution < 1.29 is 23.8 Å². The number of rotatable bonds is 38. The van der Waals surface area contributed by atoms with Crippen molar-refractivity contribution in [2.24, 2.45) is 0 Å². The number of carbonyl (C=O) groups is 2. The number of carbonyl (C=O) groups excluding carboxylic acids is 2. The van der Waals surface area contributed by atoms with E-state index in [1.54, 1.807) is 0 Å². The molecule has 0 aliphatic carbocycles. The van der Waals surface area contributed by atoms with Crippen LogP contribution in [0.2, 0.25) is 0 Å². The minimum absolute atomic E-state index is 0.0448. The monoisotopic (exact) mass is 749 g/mol. The number of hydrogen-bond donors (Lipinski definition) is 0. The highest BCUT2D eigenvalue weighted by Crippen LogP contribution is 2.12. The van der Waals surface area contributed by atoms with Crippen LogP contribution in [-0.2, 0) is 23.8 Å². The average Bonchev–Trinajstić information content (AvgIpc) is 3.17. The van der Waals surface area contributed by atoms with Gasteiger partial charge in [0.05, 0.1) is 13.2 Å². The third-order valence-corrected chi connectivity index (χ3v) is 8.63. The summed E-state index contributed by atoms with van der Waals surface area (Å²) >= 11 is 0. The zero-order valence-corrected chi connectivity index (χ0v) is 34.9. The molecule has 5 heteroatoms. The van der Waals surface area contributed by atoms with Crippen molar-refractivity contribution in [3.05, 3.63) is 97.2 Å². The summed E-state index contributed by atoms with van der Waals surface area (Å²) in [6, 6.07) is 0. The van der Waals surface area contributed by atoms with Gasteiger partial charge in [-0.25, -0.2) is 0 Å². The molecule has 0 aromatic rings. The van der Waals surface area contributed by atoms with Gasteiger partial charge in [0, 0.05) is 12.8 Å². The van der Waals surface area contributed by atoms with Gasteiger partial charge in [-0.2, -0.15) is 0 Å². The summed E-state index contributed by atoms with van der Waals surface area (Å²) in [7, 11) is 0. The number of ether oxygens (including phenoxy) is 3. The Bertz CT molecular complexity index is 1070. The van der Waals surface area contributed by atoms with Crippen molar-refractivity contribution in [1.29, 1.82) is 0 Å². The largest absolute Gasteiger partial charge is 0.462 e. The first-order valence-corrected chi connectivity index (χ1v) is 21.8. The Balaban J connectivity index is 4.22. The minimum atomic E-state index is -0.579. The summed E-state index contributed by atoms with van der Waals surface area (Å²) in [5.41, 5.74) is 0. The molecule has 1 atom stereocenters. The molecule has 0 aromatic carbocycles. The molecular weight excluding hydrogens is 669 g/mol. The zero-order valence-electron chi connectivity index (χ0n) is 34.9. The van der Waals surface area contributed by atoms with E-state index in [-0.39, 0.29) is 25.2 Å². The third-order valence-electron chi connectivity index (χ3n) is 8.63. The normalized spacial score (nSPS) is 13.2. The Morgan fingerprint density at radius 1 is 0.426 bits per heavy atom. The van der Waals surface area contributed by atoms with Gasteiger partial charge in [-0.05, 0) is 83.5 Å². The number of unbranched alkanes of at least 4 members (excludes halogenated alkanes) is 11. The van der Waals surface area contributed by atoms with Crippen molar-refractivity contribution in [3.8, 4) is 0 Å². The van der Waals surface area contributed by atoms with Crippen LogP contribution in [0.4, 0.5) is 0 Å². The van der Waals surface area contributed by atoms with E-state index in [0.717, 1.165) is 103 Å². The summed E-state index contributed by atoms with van der Waals surface area (Å²) in [5.74, 6) is -0.471. The molecule has 0 saturated carbocycles. The summed E-state index contributed by atoms with van der Waals surface area (Å²) < 4.78 is 17.1. The van der Waals surface area contributed by atoms with Gasteiger partial charge in [-0.1, -0.05) is 176 Å². The van der Waals surface area contributed by atoms with Crippen molar-refractivity contribution in [2.45, 2.75) is 181 Å². The molecule has 0 rings (SSSR count). The molecule has 54 heavy (non-hydrogen) atoms. The van der Waals surface area contributed by atoms with E-state index in [1.165, 1.54) is 38.5 Å². The first kappa shape index (κ1) is 50.8. The first-order valence-electron chi connectivity index (χ1n) is 21.8. The van der Waals surface area contributed by atoms with Crippen LogP contribution in [0.25, 0.3) is 0 Å². The highest BCUT2D eigenvalue weighted by atomic mass is 16.6. The Labute approximate surface area is 332 Å². The number of allylic oxidation sites excluding steroid dienone is 15. The smallest absolute Gasteiger partial charge is 0.306 e. The lowest BCUT2D eigenvalue weighted by Gasteiger charge is -2.18. The second-order valence-electron chi connectivity index (χ2n) is 13.8. The number of esters is 2. The molecule has 0 bridgehead atoms. The van der Waals surface area contributed by atoms with Crippen molar-refractivity contribution in [2.75, 3.05) is 19.8 Å². The van der Waals surface area contributed by atoms with Gasteiger partial charge in [-0.15, -0.1) is 0 Å². The van der Waals surface area contributed by atoms with E-state index >= 15 is 0 Å². The lowest BCUT2D eigenvalue weighted by Crippen LogP contribution is -2.30. The molecule has 0 aliphatic rings. The van der Waals surface area contributed by atoms with Crippen LogP contribution in [0.1, 0.15) is 175 Å². The predicted octanol–water partition coefficient (Wildman–Crippen LogP) is 14.3. The molecule has 0 saturated heterocycles. The highest BCUT2D eigenvalue weighted by molar-refractivity contribution is 5.70. The van der Waals surface area contributed by atoms with E-state index in [1.807, 2.05) is 0 Å². The van der Waals surface area contributed by atoms with Crippen LogP contribution in [0, 0.1) is 0 Å². The lowest BCUT2D eigenvalue weighted by atomic mass is 10.1. The summed E-state index contributed by atoms with van der Waals surface area (Å²) in [4.78, 5) is 25.0. The molecule has 0 N–H and O–H groups in total. The first-order chi connectivity index (χ1) is 26.6. The van der Waals surface area contributed by atoms with Crippen LogP contribution in [0.3, 0.4) is 0 Å². The molecule has 0 spiro atoms. The summed E-state index contributed by atoms with van der Waals surface area (Å²) in [6.07, 6.45) is 58.8. The van der Waals surface area contributed by atoms with E-state index in [0.29, 0.717) is 19.4 Å². The molecular formula is C49H80O5. The van der Waals surface area contributed by atoms with E-state index in [4.69, 9.17) is 14.2 Å². The van der Waals surface area contributed by atoms with Gasteiger partial charge in [0.1, 0.15) is 6.61 Å². The van der Waals surface area contributed by atoms with Crippen molar-refractivity contribution in [1.82, 2.24) is 0 Å². The fraction of sp³-hybridized carbons (Fsp3) is 0.633. The maximum atomic E-state index is 12.5. The molecule has 0 amide bonds. The fourth-order valence-electron chi connectivity index (χ4n) is 5.47. The van der Waals surface area contributed by atoms with E-state index in [2.05, 4.69) is 118 Å². The molecule has 1 unspecified atom stereocenters. The highest BCUT2D eigenvalue weighted by Gasteiger charge is 2.17. The van der Waals surface area contributed by atoms with Crippen LogP contribution >= 0.6 is 0 Å². The molecule has 306 valence electrons. The van der Waals surface area contributed by atoms with Gasteiger partial charge in [-0.3, -0.25) is 9.59 Å². The van der Waals surface area contributed by atoms with Crippen LogP contribution < -0.4 is 0 Å². The summed E-state index contributed by atoms with van der Waals surface area (Å²) in [5, 5.41) is 0. The van der Waals surface area contributed by atoms with Gasteiger partial charge in [0.25, 0.3) is 0 Å². The topological polar surface area (TPSA) is 61.8 Å². The molecule has 0 heterocycles. The maximum Gasteiger partial charge on any atom is 0.306 e. The SMILES string of the molecule is CC/C=C\C/C=C\C/C=C\C/C=C\C/C=C\CCOCC(COC(=O)CCCCCCCCC/C=C\C/C=C\C/C=C\CC)OC(=O)CCCCCCC. The lowest BCUT2D eigenvalue weighted by molar-refractivity contribution is -0.162. The maximum absolute atomic E-state index is 12.5. The van der Waals surface area contributed by atoms with Crippen LogP contribution in [0.5, 0.6) is 0 Å². The van der Waals surface area contributed by atoms with Crippen molar-refractivity contribution >= 4 is 11.9 Å². The molecule has 5 nitrogen and oxygen atoms in total. The molecule has 0 fully saturated rings. The van der Waals surface area contributed by atoms with Gasteiger partial charge < -0.3 is 14.2 Å². The molecule has 0 aromatic heterocycles. The van der Waals surface area contributed by atoms with E-state index in [9.17, 15) is 9.59 Å². The second-order valence-corrected chi connectivity index (χ2v) is 13.8. The Hall–Kier alpha value is -3.18. The third kappa shape index (κ3) is 41.6. The van der Waals surface area contributed by atoms with Crippen LogP contribution in [-0.4, -0.2) is 37.9 Å². The standard InChI is InChI=1S/C49H80O5/c1-4-7-10-13-15-17-19-21-23-25-26-28-30-32-34-37-39-42-48(50)53-46-47(54-49(51)43-40-36-12-9-6-3)45-52-44-41-38-35-33-31-29-27-24-22-20-18-16-14-11-8-5-2/h7-8,10-11,15-18,21-24,29,31,35,38,47H,4-6,9,12-14,19-20,25-28,30,32-34,36-37,39-46H2,1-3H3/b10-7-,11-8-,17-15-,18-16-,23-21-,24-22-,31-29-,38-35-. The molecule has 0 aliphatic heterocycles. The zero-order chi connectivity index (χ0) is 39.3. The van der Waals surface area contributed by atoms with Crippen molar-refractivity contribution in [3.63, 3.8) is 0 Å². The fourth-order valence-corrected chi connectivity index (χ4v) is 5.47. The quantitative estimate of drug-likeness (QED) is 0.0357. The summed E-state index contributed by atoms with van der Waals surface area (Å²) in [6.45, 7) is 7.28. The molecule has 0 radical (unpaired) electrons. The number of hydrogen-bond acceptors (Lipinski definition) is 5. The van der Waals surface area contributed by atoms with Crippen LogP contribution in [0.15, 0.2) is 97.2 Å². The minimum Gasteiger partial charge on any atom is -0.462 e.